The number of aromatic nitrogens is 1. The molecule has 1 unspecified atom stereocenters. The van der Waals surface area contributed by atoms with Gasteiger partial charge in [0.2, 0.25) is 0 Å². The van der Waals surface area contributed by atoms with E-state index in [1.807, 2.05) is 26.8 Å². The zero-order valence-corrected chi connectivity index (χ0v) is 15.2. The van der Waals surface area contributed by atoms with Crippen molar-refractivity contribution in [1.29, 1.82) is 0 Å². The molecule has 0 radical (unpaired) electrons. The second kappa shape index (κ2) is 8.12. The predicted molar refractivity (Wildman–Crippen MR) is 97.9 cm³/mol. The van der Waals surface area contributed by atoms with E-state index >= 15 is 0 Å². The number of rotatable bonds is 7. The van der Waals surface area contributed by atoms with Crippen LogP contribution in [-0.2, 0) is 0 Å². The Morgan fingerprint density at radius 3 is 2.60 bits per heavy atom. The van der Waals surface area contributed by atoms with Gasteiger partial charge < -0.3 is 15.2 Å². The number of nitrogens with zero attached hydrogens (tertiary/aromatic N) is 1. The Balaban J connectivity index is 2.06. The van der Waals surface area contributed by atoms with Crippen LogP contribution in [0.4, 0.5) is 0 Å². The fourth-order valence-corrected chi connectivity index (χ4v) is 2.68. The molecular weight excluding hydrogens is 316 g/mol. The van der Waals surface area contributed by atoms with Crippen molar-refractivity contribution in [2.75, 3.05) is 6.54 Å². The molecule has 134 valence electrons. The van der Waals surface area contributed by atoms with Gasteiger partial charge in [-0.25, -0.2) is 0 Å². The Kier molecular flexibility index (Phi) is 6.15. The van der Waals surface area contributed by atoms with E-state index in [4.69, 9.17) is 4.74 Å². The summed E-state index contributed by atoms with van der Waals surface area (Å²) in [6.45, 7) is 8.22. The highest BCUT2D eigenvalue weighted by atomic mass is 16.5. The number of hydrogen-bond donors (Lipinski definition) is 2. The van der Waals surface area contributed by atoms with Crippen molar-refractivity contribution in [2.24, 2.45) is 5.41 Å². The molecule has 1 heterocycles. The number of benzene rings is 1. The summed E-state index contributed by atoms with van der Waals surface area (Å²) in [5.74, 6) is 1.16. The summed E-state index contributed by atoms with van der Waals surface area (Å²) < 4.78 is 5.84. The molecule has 2 rings (SSSR count). The van der Waals surface area contributed by atoms with Gasteiger partial charge in [-0.3, -0.25) is 9.78 Å². The van der Waals surface area contributed by atoms with Crippen LogP contribution in [0.25, 0.3) is 0 Å². The second-order valence-electron chi connectivity index (χ2n) is 7.17. The Morgan fingerprint density at radius 1 is 1.28 bits per heavy atom. The van der Waals surface area contributed by atoms with Crippen LogP contribution < -0.4 is 10.1 Å². The van der Waals surface area contributed by atoms with E-state index in [1.54, 1.807) is 43.6 Å². The third-order valence-electron chi connectivity index (χ3n) is 3.90. The van der Waals surface area contributed by atoms with Gasteiger partial charge in [0.1, 0.15) is 11.5 Å². The highest BCUT2D eigenvalue weighted by Crippen LogP contribution is 2.26. The van der Waals surface area contributed by atoms with Crippen molar-refractivity contribution >= 4 is 5.91 Å². The minimum atomic E-state index is -0.397. The minimum absolute atomic E-state index is 0.154. The lowest BCUT2D eigenvalue weighted by Crippen LogP contribution is -2.35. The summed E-state index contributed by atoms with van der Waals surface area (Å²) in [7, 11) is 0. The molecule has 2 N–H and O–H groups in total. The van der Waals surface area contributed by atoms with E-state index in [2.05, 4.69) is 10.3 Å². The van der Waals surface area contributed by atoms with Crippen molar-refractivity contribution in [2.45, 2.75) is 40.2 Å². The molecule has 0 bridgehead atoms. The molecule has 0 aliphatic rings. The van der Waals surface area contributed by atoms with Crippen LogP contribution in [0.2, 0.25) is 0 Å². The van der Waals surface area contributed by atoms with Crippen LogP contribution in [0.15, 0.2) is 42.7 Å². The SMILES string of the molecule is Cc1ccc(C(=O)NCC(C)(C)CC(C)O)cc1Oc1ccncc1. The largest absolute Gasteiger partial charge is 0.457 e. The van der Waals surface area contributed by atoms with E-state index in [0.29, 0.717) is 30.0 Å². The quantitative estimate of drug-likeness (QED) is 0.805. The zero-order chi connectivity index (χ0) is 18.4. The number of nitrogens with one attached hydrogen (secondary N) is 1. The van der Waals surface area contributed by atoms with Gasteiger partial charge in [-0.15, -0.1) is 0 Å². The third-order valence-corrected chi connectivity index (χ3v) is 3.90. The number of hydrogen-bond acceptors (Lipinski definition) is 4. The molecule has 1 aromatic heterocycles. The van der Waals surface area contributed by atoms with Gasteiger partial charge in [0.05, 0.1) is 6.10 Å². The number of pyridine rings is 1. The monoisotopic (exact) mass is 342 g/mol. The molecule has 0 saturated heterocycles. The molecule has 0 aliphatic carbocycles. The van der Waals surface area contributed by atoms with Crippen molar-refractivity contribution in [1.82, 2.24) is 10.3 Å². The number of aryl methyl sites for hydroxylation is 1. The molecule has 0 aliphatic heterocycles. The maximum atomic E-state index is 12.5. The normalized spacial score (nSPS) is 12.5. The summed E-state index contributed by atoms with van der Waals surface area (Å²) in [5.41, 5.74) is 1.32. The van der Waals surface area contributed by atoms with Crippen LogP contribution >= 0.6 is 0 Å². The van der Waals surface area contributed by atoms with Crippen LogP contribution in [0.3, 0.4) is 0 Å². The van der Waals surface area contributed by atoms with Gasteiger partial charge in [-0.05, 0) is 55.5 Å². The average molecular weight is 342 g/mol. The molecule has 0 saturated carbocycles. The first-order valence-corrected chi connectivity index (χ1v) is 8.42. The van der Waals surface area contributed by atoms with E-state index in [-0.39, 0.29) is 11.3 Å². The molecule has 0 spiro atoms. The Bertz CT molecular complexity index is 712. The van der Waals surface area contributed by atoms with Gasteiger partial charge >= 0.3 is 0 Å². The van der Waals surface area contributed by atoms with Crippen LogP contribution in [-0.4, -0.2) is 28.6 Å². The molecular formula is C20H26N2O3. The van der Waals surface area contributed by atoms with Crippen molar-refractivity contribution in [3.63, 3.8) is 0 Å². The Morgan fingerprint density at radius 2 is 1.96 bits per heavy atom. The number of carbonyl (C=O) groups excluding carboxylic acids is 1. The first-order chi connectivity index (χ1) is 11.8. The molecule has 5 nitrogen and oxygen atoms in total. The zero-order valence-electron chi connectivity index (χ0n) is 15.2. The standard InChI is InChI=1S/C20H26N2O3/c1-14-5-6-16(11-18(14)25-17-7-9-21-10-8-17)19(24)22-13-20(3,4)12-15(2)23/h5-11,15,23H,12-13H2,1-4H3,(H,22,24). The fourth-order valence-electron chi connectivity index (χ4n) is 2.68. The van der Waals surface area contributed by atoms with E-state index in [0.717, 1.165) is 5.56 Å². The first-order valence-electron chi connectivity index (χ1n) is 8.42. The van der Waals surface area contributed by atoms with Crippen molar-refractivity contribution < 1.29 is 14.6 Å². The lowest BCUT2D eigenvalue weighted by Gasteiger charge is -2.26. The topological polar surface area (TPSA) is 71.5 Å². The summed E-state index contributed by atoms with van der Waals surface area (Å²) in [4.78, 5) is 16.4. The number of aliphatic hydroxyl groups is 1. The van der Waals surface area contributed by atoms with E-state index in [1.165, 1.54) is 0 Å². The van der Waals surface area contributed by atoms with Gasteiger partial charge in [-0.2, -0.15) is 0 Å². The highest BCUT2D eigenvalue weighted by molar-refractivity contribution is 5.94. The molecule has 0 fully saturated rings. The maximum absolute atomic E-state index is 12.5. The van der Waals surface area contributed by atoms with Gasteiger partial charge in [0.25, 0.3) is 5.91 Å². The van der Waals surface area contributed by atoms with Gasteiger partial charge in [0.15, 0.2) is 0 Å². The Labute approximate surface area is 149 Å². The predicted octanol–water partition coefficient (Wildman–Crippen LogP) is 3.71. The molecule has 1 atom stereocenters. The minimum Gasteiger partial charge on any atom is -0.457 e. The molecule has 25 heavy (non-hydrogen) atoms. The maximum Gasteiger partial charge on any atom is 0.251 e. The molecule has 1 aromatic carbocycles. The summed E-state index contributed by atoms with van der Waals surface area (Å²) in [6, 6.07) is 8.93. The van der Waals surface area contributed by atoms with E-state index in [9.17, 15) is 9.90 Å². The molecule has 5 heteroatoms. The summed E-state index contributed by atoms with van der Waals surface area (Å²) in [5, 5.41) is 12.5. The lowest BCUT2D eigenvalue weighted by molar-refractivity contribution is 0.0901. The van der Waals surface area contributed by atoms with Crippen molar-refractivity contribution in [3.05, 3.63) is 53.9 Å². The third kappa shape index (κ3) is 5.87. The number of amides is 1. The number of ether oxygens (including phenoxy) is 1. The van der Waals surface area contributed by atoms with Crippen LogP contribution in [0, 0.1) is 12.3 Å². The number of carbonyl (C=O) groups is 1. The summed E-state index contributed by atoms with van der Waals surface area (Å²) >= 11 is 0. The summed E-state index contributed by atoms with van der Waals surface area (Å²) in [6.07, 6.45) is 3.54. The average Bonchev–Trinajstić information content (AvgIpc) is 2.54. The smallest absolute Gasteiger partial charge is 0.251 e. The van der Waals surface area contributed by atoms with Gasteiger partial charge in [-0.1, -0.05) is 19.9 Å². The van der Waals surface area contributed by atoms with Crippen molar-refractivity contribution in [3.8, 4) is 11.5 Å². The fraction of sp³-hybridized carbons (Fsp3) is 0.400. The lowest BCUT2D eigenvalue weighted by atomic mass is 9.87. The molecule has 1 amide bonds. The second-order valence-corrected chi connectivity index (χ2v) is 7.17. The van der Waals surface area contributed by atoms with Crippen LogP contribution in [0.1, 0.15) is 43.1 Å². The Hall–Kier alpha value is -2.40. The van der Waals surface area contributed by atoms with E-state index < -0.39 is 6.10 Å². The van der Waals surface area contributed by atoms with Crippen LogP contribution in [0.5, 0.6) is 11.5 Å². The molecule has 2 aromatic rings. The highest BCUT2D eigenvalue weighted by Gasteiger charge is 2.21. The number of aliphatic hydroxyl groups excluding tert-OH is 1. The van der Waals surface area contributed by atoms with Gasteiger partial charge in [0, 0.05) is 24.5 Å². The first kappa shape index (κ1) is 18.9.